The van der Waals surface area contributed by atoms with E-state index in [0.717, 1.165) is 45.6 Å². The van der Waals surface area contributed by atoms with Crippen molar-refractivity contribution in [1.82, 2.24) is 10.3 Å². The number of ether oxygens (including phenoxy) is 1. The van der Waals surface area contributed by atoms with Crippen LogP contribution in [-0.2, 0) is 17.7 Å². The Bertz CT molecular complexity index is 394. The summed E-state index contributed by atoms with van der Waals surface area (Å²) >= 11 is 1.84. The maximum absolute atomic E-state index is 5.73. The fourth-order valence-corrected chi connectivity index (χ4v) is 3.45. The van der Waals surface area contributed by atoms with Gasteiger partial charge in [-0.05, 0) is 19.4 Å². The van der Waals surface area contributed by atoms with Gasteiger partial charge in [0.05, 0.1) is 18.4 Å². The lowest BCUT2D eigenvalue weighted by atomic mass is 10.2. The minimum absolute atomic E-state index is 0.361. The molecule has 0 bridgehead atoms. The largest absolute Gasteiger partial charge is 0.375 e. The van der Waals surface area contributed by atoms with E-state index in [-0.39, 0.29) is 0 Å². The van der Waals surface area contributed by atoms with Crippen LogP contribution < -0.4 is 10.2 Å². The van der Waals surface area contributed by atoms with E-state index >= 15 is 0 Å². The van der Waals surface area contributed by atoms with Gasteiger partial charge in [-0.15, -0.1) is 11.3 Å². The van der Waals surface area contributed by atoms with Crippen LogP contribution in [0.5, 0.6) is 0 Å². The first-order valence-electron chi connectivity index (χ1n) is 7.34. The smallest absolute Gasteiger partial charge is 0.185 e. The van der Waals surface area contributed by atoms with Gasteiger partial charge < -0.3 is 15.0 Å². The van der Waals surface area contributed by atoms with Gasteiger partial charge in [-0.2, -0.15) is 0 Å². The van der Waals surface area contributed by atoms with E-state index in [9.17, 15) is 0 Å². The van der Waals surface area contributed by atoms with E-state index in [2.05, 4.69) is 31.0 Å². The third kappa shape index (κ3) is 3.68. The molecule has 108 valence electrons. The molecular formula is C14H25N3OS. The summed E-state index contributed by atoms with van der Waals surface area (Å²) in [5.74, 6) is 0. The van der Waals surface area contributed by atoms with Gasteiger partial charge in [-0.25, -0.2) is 4.98 Å². The predicted octanol–water partition coefficient (Wildman–Crippen LogP) is 2.43. The number of nitrogens with zero attached hydrogens (tertiary/aromatic N) is 2. The lowest BCUT2D eigenvalue weighted by Gasteiger charge is -2.32. The van der Waals surface area contributed by atoms with E-state index in [1.807, 2.05) is 11.3 Å². The maximum atomic E-state index is 5.73. The van der Waals surface area contributed by atoms with Gasteiger partial charge in [0.15, 0.2) is 5.13 Å². The SMILES string of the molecule is CCNCc1sc(N2CCOC(CC)C2)nc1CC. The van der Waals surface area contributed by atoms with E-state index in [1.165, 1.54) is 15.7 Å². The maximum Gasteiger partial charge on any atom is 0.185 e. The van der Waals surface area contributed by atoms with Crippen LogP contribution in [-0.4, -0.2) is 37.3 Å². The number of anilines is 1. The number of aryl methyl sites for hydroxylation is 1. The summed E-state index contributed by atoms with van der Waals surface area (Å²) in [6, 6.07) is 0. The number of aromatic nitrogens is 1. The van der Waals surface area contributed by atoms with Crippen molar-refractivity contribution >= 4 is 16.5 Å². The molecule has 1 unspecified atom stereocenters. The lowest BCUT2D eigenvalue weighted by molar-refractivity contribution is 0.0384. The third-order valence-electron chi connectivity index (χ3n) is 3.50. The molecule has 1 N–H and O–H groups in total. The van der Waals surface area contributed by atoms with Gasteiger partial charge in [0.25, 0.3) is 0 Å². The Morgan fingerprint density at radius 2 is 2.26 bits per heavy atom. The van der Waals surface area contributed by atoms with Crippen molar-refractivity contribution in [1.29, 1.82) is 0 Å². The molecule has 0 spiro atoms. The number of thiazole rings is 1. The summed E-state index contributed by atoms with van der Waals surface area (Å²) in [4.78, 5) is 8.60. The molecule has 1 fully saturated rings. The molecular weight excluding hydrogens is 258 g/mol. The van der Waals surface area contributed by atoms with Crippen LogP contribution in [0, 0.1) is 0 Å². The Balaban J connectivity index is 2.08. The number of hydrogen-bond donors (Lipinski definition) is 1. The zero-order valence-electron chi connectivity index (χ0n) is 12.2. The molecule has 1 aromatic rings. The second-order valence-electron chi connectivity index (χ2n) is 4.85. The normalized spacial score (nSPS) is 19.9. The first-order valence-corrected chi connectivity index (χ1v) is 8.15. The summed E-state index contributed by atoms with van der Waals surface area (Å²) in [6.07, 6.45) is 2.45. The monoisotopic (exact) mass is 283 g/mol. The molecule has 0 aromatic carbocycles. The predicted molar refractivity (Wildman–Crippen MR) is 81.1 cm³/mol. The van der Waals surface area contributed by atoms with Crippen LogP contribution in [0.15, 0.2) is 0 Å². The summed E-state index contributed by atoms with van der Waals surface area (Å²) in [6.45, 7) is 11.2. The Labute approximate surface area is 120 Å². The molecule has 1 atom stereocenters. The van der Waals surface area contributed by atoms with E-state index in [4.69, 9.17) is 9.72 Å². The Morgan fingerprint density at radius 3 is 2.95 bits per heavy atom. The second-order valence-corrected chi connectivity index (χ2v) is 5.91. The number of morpholine rings is 1. The van der Waals surface area contributed by atoms with Gasteiger partial charge in [-0.3, -0.25) is 0 Å². The average Bonchev–Trinajstić information content (AvgIpc) is 2.88. The topological polar surface area (TPSA) is 37.4 Å². The van der Waals surface area contributed by atoms with Crippen LogP contribution in [0.1, 0.15) is 37.8 Å². The van der Waals surface area contributed by atoms with E-state index in [1.54, 1.807) is 0 Å². The molecule has 2 heterocycles. The summed E-state index contributed by atoms with van der Waals surface area (Å²) in [7, 11) is 0. The highest BCUT2D eigenvalue weighted by atomic mass is 32.1. The molecule has 5 heteroatoms. The molecule has 0 amide bonds. The average molecular weight is 283 g/mol. The zero-order chi connectivity index (χ0) is 13.7. The molecule has 1 saturated heterocycles. The first kappa shape index (κ1) is 14.8. The molecule has 1 aromatic heterocycles. The highest BCUT2D eigenvalue weighted by molar-refractivity contribution is 7.15. The van der Waals surface area contributed by atoms with Crippen LogP contribution in [0.4, 0.5) is 5.13 Å². The molecule has 0 saturated carbocycles. The number of nitrogens with one attached hydrogen (secondary N) is 1. The van der Waals surface area contributed by atoms with Crippen LogP contribution in [0.3, 0.4) is 0 Å². The molecule has 19 heavy (non-hydrogen) atoms. The molecule has 1 aliphatic heterocycles. The van der Waals surface area contributed by atoms with Gasteiger partial charge in [0, 0.05) is 24.5 Å². The summed E-state index contributed by atoms with van der Waals surface area (Å²) in [5, 5.41) is 4.58. The molecule has 2 rings (SSSR count). The summed E-state index contributed by atoms with van der Waals surface area (Å²) in [5.41, 5.74) is 1.25. The minimum Gasteiger partial charge on any atom is -0.375 e. The molecule has 0 aliphatic carbocycles. The van der Waals surface area contributed by atoms with Gasteiger partial charge >= 0.3 is 0 Å². The minimum atomic E-state index is 0.361. The van der Waals surface area contributed by atoms with Crippen molar-refractivity contribution < 1.29 is 4.74 Å². The van der Waals surface area contributed by atoms with Gasteiger partial charge in [0.1, 0.15) is 0 Å². The molecule has 4 nitrogen and oxygen atoms in total. The standard InChI is InChI=1S/C14H25N3OS/c1-4-11-10-17(7-8-18-11)14-16-12(5-2)13(19-14)9-15-6-3/h11,15H,4-10H2,1-3H3. The zero-order valence-corrected chi connectivity index (χ0v) is 13.1. The third-order valence-corrected chi connectivity index (χ3v) is 4.66. The van der Waals surface area contributed by atoms with Gasteiger partial charge in [-0.1, -0.05) is 20.8 Å². The Kier molecular flexibility index (Phi) is 5.60. The highest BCUT2D eigenvalue weighted by Crippen LogP contribution is 2.28. The van der Waals surface area contributed by atoms with Crippen molar-refractivity contribution in [3.63, 3.8) is 0 Å². The highest BCUT2D eigenvalue weighted by Gasteiger charge is 2.22. The van der Waals surface area contributed by atoms with Crippen LogP contribution >= 0.6 is 11.3 Å². The fourth-order valence-electron chi connectivity index (χ4n) is 2.30. The quantitative estimate of drug-likeness (QED) is 0.870. The molecule has 0 radical (unpaired) electrons. The number of hydrogen-bond acceptors (Lipinski definition) is 5. The Morgan fingerprint density at radius 1 is 1.42 bits per heavy atom. The first-order chi connectivity index (χ1) is 9.28. The van der Waals surface area contributed by atoms with E-state index in [0.29, 0.717) is 6.10 Å². The van der Waals surface area contributed by atoms with Crippen LogP contribution in [0.2, 0.25) is 0 Å². The van der Waals surface area contributed by atoms with E-state index < -0.39 is 0 Å². The fraction of sp³-hybridized carbons (Fsp3) is 0.786. The van der Waals surface area contributed by atoms with Crippen molar-refractivity contribution in [3.05, 3.63) is 10.6 Å². The van der Waals surface area contributed by atoms with Crippen molar-refractivity contribution in [2.45, 2.75) is 46.3 Å². The van der Waals surface area contributed by atoms with Crippen LogP contribution in [0.25, 0.3) is 0 Å². The second kappa shape index (κ2) is 7.22. The van der Waals surface area contributed by atoms with Crippen molar-refractivity contribution in [2.75, 3.05) is 31.1 Å². The lowest BCUT2D eigenvalue weighted by Crippen LogP contribution is -2.42. The van der Waals surface area contributed by atoms with Crippen molar-refractivity contribution in [3.8, 4) is 0 Å². The number of rotatable bonds is 6. The Hall–Kier alpha value is -0.650. The van der Waals surface area contributed by atoms with Crippen molar-refractivity contribution in [2.24, 2.45) is 0 Å². The summed E-state index contributed by atoms with van der Waals surface area (Å²) < 4.78 is 5.73. The van der Waals surface area contributed by atoms with Gasteiger partial charge in [0.2, 0.25) is 0 Å². The molecule has 1 aliphatic rings.